The topological polar surface area (TPSA) is 79.5 Å². The van der Waals surface area contributed by atoms with E-state index in [1.165, 1.54) is 0 Å². The van der Waals surface area contributed by atoms with E-state index in [4.69, 9.17) is 16.3 Å². The van der Waals surface area contributed by atoms with Crippen LogP contribution in [0.1, 0.15) is 19.4 Å². The van der Waals surface area contributed by atoms with E-state index >= 15 is 0 Å². The van der Waals surface area contributed by atoms with Gasteiger partial charge in [-0.05, 0) is 48.9 Å². The lowest BCUT2D eigenvalue weighted by Gasteiger charge is -2.13. The molecule has 3 amide bonds. The van der Waals surface area contributed by atoms with Crippen molar-refractivity contribution in [1.82, 2.24) is 5.32 Å². The fourth-order valence-corrected chi connectivity index (χ4v) is 2.28. The maximum absolute atomic E-state index is 12.1. The second-order valence-corrected chi connectivity index (χ2v) is 6.79. The van der Waals surface area contributed by atoms with Crippen LogP contribution in [0, 0.1) is 12.8 Å². The molecular formula is C20H24ClN3O3. The van der Waals surface area contributed by atoms with Crippen molar-refractivity contribution in [2.24, 2.45) is 5.92 Å². The summed E-state index contributed by atoms with van der Waals surface area (Å²) in [5.41, 5.74) is 2.17. The average Bonchev–Trinajstić information content (AvgIpc) is 2.63. The fraction of sp³-hybridized carbons (Fsp3) is 0.300. The smallest absolute Gasteiger partial charge is 0.319 e. The summed E-state index contributed by atoms with van der Waals surface area (Å²) in [6.07, 6.45) is 0. The minimum atomic E-state index is -0.342. The zero-order valence-corrected chi connectivity index (χ0v) is 16.4. The molecule has 0 bridgehead atoms. The van der Waals surface area contributed by atoms with Gasteiger partial charge < -0.3 is 20.7 Å². The highest BCUT2D eigenvalue weighted by Gasteiger charge is 2.09. The third kappa shape index (κ3) is 6.83. The monoisotopic (exact) mass is 389 g/mol. The highest BCUT2D eigenvalue weighted by Crippen LogP contribution is 2.21. The quantitative estimate of drug-likeness (QED) is 0.612. The summed E-state index contributed by atoms with van der Waals surface area (Å²) >= 11 is 5.81. The lowest BCUT2D eigenvalue weighted by molar-refractivity contribution is -0.118. The Morgan fingerprint density at radius 3 is 2.44 bits per heavy atom. The number of hydrogen-bond acceptors (Lipinski definition) is 3. The van der Waals surface area contributed by atoms with Crippen LogP contribution < -0.4 is 20.7 Å². The molecule has 0 aliphatic heterocycles. The second-order valence-electron chi connectivity index (χ2n) is 6.36. The Morgan fingerprint density at radius 1 is 1.07 bits per heavy atom. The highest BCUT2D eigenvalue weighted by molar-refractivity contribution is 6.30. The van der Waals surface area contributed by atoms with Crippen LogP contribution >= 0.6 is 11.6 Å². The summed E-state index contributed by atoms with van der Waals surface area (Å²) in [7, 11) is 0. The Balaban J connectivity index is 1.82. The molecule has 0 saturated heterocycles. The van der Waals surface area contributed by atoms with Gasteiger partial charge in [0, 0.05) is 22.3 Å². The van der Waals surface area contributed by atoms with E-state index < -0.39 is 0 Å². The van der Waals surface area contributed by atoms with Gasteiger partial charge in [0.25, 0.3) is 0 Å². The van der Waals surface area contributed by atoms with Gasteiger partial charge in [-0.25, -0.2) is 4.79 Å². The number of urea groups is 1. The Hall–Kier alpha value is -2.73. The second kappa shape index (κ2) is 9.83. The Morgan fingerprint density at radius 2 is 1.78 bits per heavy atom. The van der Waals surface area contributed by atoms with Gasteiger partial charge in [0.1, 0.15) is 12.4 Å². The molecule has 0 atom stereocenters. The number of aryl methyl sites for hydroxylation is 1. The summed E-state index contributed by atoms with van der Waals surface area (Å²) in [6.45, 7) is 6.20. The largest absolute Gasteiger partial charge is 0.492 e. The molecule has 7 heteroatoms. The molecule has 0 heterocycles. The van der Waals surface area contributed by atoms with Crippen LogP contribution in [0.15, 0.2) is 42.5 Å². The Kier molecular flexibility index (Phi) is 7.49. The number of hydrogen-bond donors (Lipinski definition) is 3. The van der Waals surface area contributed by atoms with Crippen molar-refractivity contribution in [1.29, 1.82) is 0 Å². The zero-order valence-electron chi connectivity index (χ0n) is 15.6. The van der Waals surface area contributed by atoms with Crippen molar-refractivity contribution in [3.05, 3.63) is 53.1 Å². The molecule has 0 aromatic heterocycles. The van der Waals surface area contributed by atoms with Gasteiger partial charge in [-0.3, -0.25) is 4.79 Å². The summed E-state index contributed by atoms with van der Waals surface area (Å²) < 4.78 is 5.52. The number of halogens is 1. The SMILES string of the molecule is Cc1ccc(NC(=O)C(C)C)cc1NC(=O)NCCOc1ccc(Cl)cc1. The summed E-state index contributed by atoms with van der Waals surface area (Å²) in [5, 5.41) is 8.97. The molecule has 3 N–H and O–H groups in total. The van der Waals surface area contributed by atoms with Gasteiger partial charge in [0.15, 0.2) is 0 Å². The number of benzene rings is 2. The highest BCUT2D eigenvalue weighted by atomic mass is 35.5. The average molecular weight is 390 g/mol. The normalized spacial score (nSPS) is 10.4. The standard InChI is InChI=1S/C20H24ClN3O3/c1-13(2)19(25)23-16-7-4-14(3)18(12-16)24-20(26)22-10-11-27-17-8-5-15(21)6-9-17/h4-9,12-13H,10-11H2,1-3H3,(H,23,25)(H2,22,24,26). The fourth-order valence-electron chi connectivity index (χ4n) is 2.15. The molecule has 0 saturated carbocycles. The molecule has 2 rings (SSSR count). The molecule has 0 radical (unpaired) electrons. The van der Waals surface area contributed by atoms with Crippen molar-refractivity contribution >= 4 is 34.9 Å². The summed E-state index contributed by atoms with van der Waals surface area (Å²) in [4.78, 5) is 23.9. The van der Waals surface area contributed by atoms with Gasteiger partial charge in [0.2, 0.25) is 5.91 Å². The molecule has 0 aliphatic carbocycles. The number of nitrogens with one attached hydrogen (secondary N) is 3. The van der Waals surface area contributed by atoms with Crippen molar-refractivity contribution in [3.8, 4) is 5.75 Å². The summed E-state index contributed by atoms with van der Waals surface area (Å²) in [5.74, 6) is 0.492. The first-order chi connectivity index (χ1) is 12.8. The van der Waals surface area contributed by atoms with E-state index in [2.05, 4.69) is 16.0 Å². The number of rotatable bonds is 7. The van der Waals surface area contributed by atoms with Crippen molar-refractivity contribution in [2.45, 2.75) is 20.8 Å². The van der Waals surface area contributed by atoms with Gasteiger partial charge in [-0.15, -0.1) is 0 Å². The molecule has 6 nitrogen and oxygen atoms in total. The molecule has 2 aromatic rings. The molecule has 0 unspecified atom stereocenters. The summed E-state index contributed by atoms with van der Waals surface area (Å²) in [6, 6.07) is 12.1. The van der Waals surface area contributed by atoms with Crippen LogP contribution in [0.2, 0.25) is 5.02 Å². The van der Waals surface area contributed by atoms with Crippen LogP contribution in [-0.2, 0) is 4.79 Å². The lowest BCUT2D eigenvalue weighted by atomic mass is 10.1. The maximum atomic E-state index is 12.1. The molecule has 0 aliphatic rings. The number of amides is 3. The van der Waals surface area contributed by atoms with Crippen molar-refractivity contribution in [2.75, 3.05) is 23.8 Å². The Labute approximate surface area is 164 Å². The van der Waals surface area contributed by atoms with Gasteiger partial charge in [-0.1, -0.05) is 31.5 Å². The van der Waals surface area contributed by atoms with Gasteiger partial charge in [-0.2, -0.15) is 0 Å². The molecule has 2 aromatic carbocycles. The minimum absolute atomic E-state index is 0.0754. The van der Waals surface area contributed by atoms with Crippen LogP contribution in [0.5, 0.6) is 5.75 Å². The minimum Gasteiger partial charge on any atom is -0.492 e. The van der Waals surface area contributed by atoms with Gasteiger partial charge >= 0.3 is 6.03 Å². The molecule has 0 spiro atoms. The Bertz CT molecular complexity index is 792. The first-order valence-electron chi connectivity index (χ1n) is 8.70. The molecule has 27 heavy (non-hydrogen) atoms. The molecule has 0 fully saturated rings. The molecule has 144 valence electrons. The predicted octanol–water partition coefficient (Wildman–Crippen LogP) is 4.44. The van der Waals surface area contributed by atoms with Crippen LogP contribution in [0.25, 0.3) is 0 Å². The number of anilines is 2. The first-order valence-corrected chi connectivity index (χ1v) is 9.07. The van der Waals surface area contributed by atoms with E-state index in [0.717, 1.165) is 5.56 Å². The number of ether oxygens (including phenoxy) is 1. The van der Waals surface area contributed by atoms with Crippen LogP contribution in [-0.4, -0.2) is 25.1 Å². The third-order valence-corrected chi connectivity index (χ3v) is 4.00. The third-order valence-electron chi connectivity index (χ3n) is 3.75. The van der Waals surface area contributed by atoms with E-state index in [0.29, 0.717) is 35.3 Å². The van der Waals surface area contributed by atoms with E-state index in [1.807, 2.05) is 26.8 Å². The van der Waals surface area contributed by atoms with Crippen LogP contribution in [0.3, 0.4) is 0 Å². The van der Waals surface area contributed by atoms with E-state index in [-0.39, 0.29) is 17.9 Å². The van der Waals surface area contributed by atoms with E-state index in [1.54, 1.807) is 36.4 Å². The molecular weight excluding hydrogens is 366 g/mol. The predicted molar refractivity (Wildman–Crippen MR) is 109 cm³/mol. The first kappa shape index (κ1) is 20.6. The van der Waals surface area contributed by atoms with Crippen molar-refractivity contribution in [3.63, 3.8) is 0 Å². The number of carbonyl (C=O) groups is 2. The maximum Gasteiger partial charge on any atom is 0.319 e. The zero-order chi connectivity index (χ0) is 19.8. The van der Waals surface area contributed by atoms with Gasteiger partial charge in [0.05, 0.1) is 6.54 Å². The lowest BCUT2D eigenvalue weighted by Crippen LogP contribution is -2.32. The number of carbonyl (C=O) groups excluding carboxylic acids is 2. The van der Waals surface area contributed by atoms with E-state index in [9.17, 15) is 9.59 Å². The van der Waals surface area contributed by atoms with Crippen LogP contribution in [0.4, 0.5) is 16.2 Å². The van der Waals surface area contributed by atoms with Crippen molar-refractivity contribution < 1.29 is 14.3 Å².